The van der Waals surface area contributed by atoms with Crippen LogP contribution in [0.3, 0.4) is 0 Å². The SMILES string of the molecule is CCC(=O)C(C)=O.O=C(O)C1CCCCCC1. The minimum atomic E-state index is -0.595. The second-order valence-corrected chi connectivity index (χ2v) is 4.36. The topological polar surface area (TPSA) is 71.4 Å². The molecule has 4 heteroatoms. The minimum Gasteiger partial charge on any atom is -0.481 e. The molecule has 0 amide bonds. The van der Waals surface area contributed by atoms with Gasteiger partial charge in [0.05, 0.1) is 5.92 Å². The zero-order chi connectivity index (χ0) is 13.3. The molecule has 0 aromatic carbocycles. The van der Waals surface area contributed by atoms with Crippen molar-refractivity contribution in [3.63, 3.8) is 0 Å². The fourth-order valence-corrected chi connectivity index (χ4v) is 1.78. The molecule has 98 valence electrons. The fraction of sp³-hybridized carbons (Fsp3) is 0.769. The smallest absolute Gasteiger partial charge is 0.306 e. The molecule has 0 radical (unpaired) electrons. The van der Waals surface area contributed by atoms with Crippen LogP contribution in [0.4, 0.5) is 0 Å². The fourth-order valence-electron chi connectivity index (χ4n) is 1.78. The van der Waals surface area contributed by atoms with Gasteiger partial charge in [0.1, 0.15) is 0 Å². The third-order valence-electron chi connectivity index (χ3n) is 2.92. The van der Waals surface area contributed by atoms with E-state index in [2.05, 4.69) is 0 Å². The first-order valence-corrected chi connectivity index (χ1v) is 6.25. The molecular formula is C13H22O4. The van der Waals surface area contributed by atoms with Gasteiger partial charge < -0.3 is 5.11 Å². The third-order valence-corrected chi connectivity index (χ3v) is 2.92. The Kier molecular flexibility index (Phi) is 8.28. The van der Waals surface area contributed by atoms with Gasteiger partial charge in [-0.15, -0.1) is 0 Å². The van der Waals surface area contributed by atoms with E-state index in [0.717, 1.165) is 25.7 Å². The minimum absolute atomic E-state index is 0.0394. The highest BCUT2D eigenvalue weighted by Crippen LogP contribution is 2.22. The van der Waals surface area contributed by atoms with Crippen LogP contribution in [0.1, 0.15) is 58.8 Å². The van der Waals surface area contributed by atoms with E-state index in [1.165, 1.54) is 19.8 Å². The number of ketones is 2. The van der Waals surface area contributed by atoms with E-state index in [4.69, 9.17) is 5.11 Å². The molecule has 1 saturated carbocycles. The summed E-state index contributed by atoms with van der Waals surface area (Å²) in [7, 11) is 0. The van der Waals surface area contributed by atoms with Gasteiger partial charge in [-0.3, -0.25) is 14.4 Å². The lowest BCUT2D eigenvalue weighted by Crippen LogP contribution is -2.11. The van der Waals surface area contributed by atoms with Gasteiger partial charge in [0.15, 0.2) is 11.6 Å². The van der Waals surface area contributed by atoms with Gasteiger partial charge in [0.2, 0.25) is 0 Å². The summed E-state index contributed by atoms with van der Waals surface area (Å²) in [5.41, 5.74) is 0. The van der Waals surface area contributed by atoms with Gasteiger partial charge >= 0.3 is 5.97 Å². The summed E-state index contributed by atoms with van der Waals surface area (Å²) in [5, 5.41) is 8.66. The van der Waals surface area contributed by atoms with Crippen LogP contribution in [-0.2, 0) is 14.4 Å². The summed E-state index contributed by atoms with van der Waals surface area (Å²) in [5.74, 6) is -1.27. The summed E-state index contributed by atoms with van der Waals surface area (Å²) in [4.78, 5) is 30.7. The molecule has 0 atom stereocenters. The number of carbonyl (C=O) groups is 3. The van der Waals surface area contributed by atoms with Crippen molar-refractivity contribution in [3.8, 4) is 0 Å². The average Bonchev–Trinajstić information content (AvgIpc) is 2.57. The van der Waals surface area contributed by atoms with Crippen molar-refractivity contribution in [2.24, 2.45) is 5.92 Å². The first-order chi connectivity index (χ1) is 7.99. The zero-order valence-corrected chi connectivity index (χ0v) is 10.7. The molecule has 1 fully saturated rings. The number of carboxylic acid groups (broad SMARTS) is 1. The molecule has 0 aromatic rings. The van der Waals surface area contributed by atoms with Crippen molar-refractivity contribution in [2.75, 3.05) is 0 Å². The number of aliphatic carboxylic acids is 1. The number of Topliss-reactive ketones (excluding diaryl/α,β-unsaturated/α-hetero) is 2. The number of hydrogen-bond acceptors (Lipinski definition) is 3. The molecule has 4 nitrogen and oxygen atoms in total. The van der Waals surface area contributed by atoms with E-state index in [9.17, 15) is 14.4 Å². The van der Waals surface area contributed by atoms with E-state index in [-0.39, 0.29) is 17.5 Å². The molecule has 0 spiro atoms. The first kappa shape index (κ1) is 15.8. The van der Waals surface area contributed by atoms with Gasteiger partial charge in [-0.2, -0.15) is 0 Å². The Morgan fingerprint density at radius 3 is 1.76 bits per heavy atom. The summed E-state index contributed by atoms with van der Waals surface area (Å²) in [6, 6.07) is 0. The summed E-state index contributed by atoms with van der Waals surface area (Å²) in [6.07, 6.45) is 6.79. The lowest BCUT2D eigenvalue weighted by molar-refractivity contribution is -0.142. The lowest BCUT2D eigenvalue weighted by atomic mass is 10.0. The quantitative estimate of drug-likeness (QED) is 0.610. The van der Waals surface area contributed by atoms with Crippen molar-refractivity contribution < 1.29 is 19.5 Å². The molecule has 0 aliphatic heterocycles. The maximum atomic E-state index is 10.5. The maximum Gasteiger partial charge on any atom is 0.306 e. The number of rotatable bonds is 3. The maximum absolute atomic E-state index is 10.5. The van der Waals surface area contributed by atoms with E-state index in [1.54, 1.807) is 6.92 Å². The number of carbonyl (C=O) groups excluding carboxylic acids is 2. The Hall–Kier alpha value is -1.19. The van der Waals surface area contributed by atoms with Crippen molar-refractivity contribution in [3.05, 3.63) is 0 Å². The molecule has 0 unspecified atom stereocenters. The van der Waals surface area contributed by atoms with Crippen LogP contribution in [-0.4, -0.2) is 22.6 Å². The molecular weight excluding hydrogens is 220 g/mol. The highest BCUT2D eigenvalue weighted by atomic mass is 16.4. The average molecular weight is 242 g/mol. The predicted molar refractivity (Wildman–Crippen MR) is 64.8 cm³/mol. The Labute approximate surface area is 102 Å². The normalized spacial score (nSPS) is 16.4. The van der Waals surface area contributed by atoms with Gasteiger partial charge in [-0.1, -0.05) is 32.6 Å². The van der Waals surface area contributed by atoms with Crippen LogP contribution in [0.5, 0.6) is 0 Å². The van der Waals surface area contributed by atoms with Crippen LogP contribution in [0.15, 0.2) is 0 Å². The van der Waals surface area contributed by atoms with Crippen LogP contribution >= 0.6 is 0 Å². The molecule has 17 heavy (non-hydrogen) atoms. The monoisotopic (exact) mass is 242 g/mol. The van der Waals surface area contributed by atoms with Gasteiger partial charge in [0, 0.05) is 13.3 Å². The Bertz CT molecular complexity index is 263. The zero-order valence-electron chi connectivity index (χ0n) is 10.7. The molecule has 1 aliphatic rings. The number of hydrogen-bond donors (Lipinski definition) is 1. The van der Waals surface area contributed by atoms with E-state index in [1.807, 2.05) is 0 Å². The van der Waals surface area contributed by atoms with Gasteiger partial charge in [-0.25, -0.2) is 0 Å². The van der Waals surface area contributed by atoms with Crippen LogP contribution in [0.2, 0.25) is 0 Å². The summed E-state index contributed by atoms with van der Waals surface area (Å²) < 4.78 is 0. The van der Waals surface area contributed by atoms with E-state index < -0.39 is 5.97 Å². The summed E-state index contributed by atoms with van der Waals surface area (Å²) in [6.45, 7) is 2.95. The highest BCUT2D eigenvalue weighted by Gasteiger charge is 2.18. The second kappa shape index (κ2) is 8.90. The van der Waals surface area contributed by atoms with Gasteiger partial charge in [-0.05, 0) is 12.8 Å². The van der Waals surface area contributed by atoms with E-state index in [0.29, 0.717) is 6.42 Å². The molecule has 0 saturated heterocycles. The second-order valence-electron chi connectivity index (χ2n) is 4.36. The Morgan fingerprint density at radius 2 is 1.53 bits per heavy atom. The standard InChI is InChI=1S/C8H14O2.C5H8O2/c9-8(10)7-5-3-1-2-4-6-7;1-3-5(7)4(2)6/h7H,1-6H2,(H,9,10);3H2,1-2H3. The van der Waals surface area contributed by atoms with Crippen molar-refractivity contribution >= 4 is 17.5 Å². The largest absolute Gasteiger partial charge is 0.481 e. The van der Waals surface area contributed by atoms with Crippen LogP contribution in [0, 0.1) is 5.92 Å². The Balaban J connectivity index is 0.000000325. The molecule has 1 aliphatic carbocycles. The van der Waals surface area contributed by atoms with E-state index >= 15 is 0 Å². The van der Waals surface area contributed by atoms with Crippen LogP contribution < -0.4 is 0 Å². The molecule has 1 N–H and O–H groups in total. The predicted octanol–water partition coefficient (Wildman–Crippen LogP) is 2.60. The van der Waals surface area contributed by atoms with Crippen molar-refractivity contribution in [1.29, 1.82) is 0 Å². The molecule has 1 rings (SSSR count). The van der Waals surface area contributed by atoms with Crippen molar-refractivity contribution in [1.82, 2.24) is 0 Å². The number of carboxylic acids is 1. The Morgan fingerprint density at radius 1 is 1.06 bits per heavy atom. The summed E-state index contributed by atoms with van der Waals surface area (Å²) >= 11 is 0. The van der Waals surface area contributed by atoms with Crippen molar-refractivity contribution in [2.45, 2.75) is 58.8 Å². The van der Waals surface area contributed by atoms with Crippen LogP contribution in [0.25, 0.3) is 0 Å². The highest BCUT2D eigenvalue weighted by molar-refractivity contribution is 6.36. The third kappa shape index (κ3) is 7.66. The molecule has 0 aromatic heterocycles. The molecule has 0 heterocycles. The molecule has 0 bridgehead atoms. The lowest BCUT2D eigenvalue weighted by Gasteiger charge is -2.05. The first-order valence-electron chi connectivity index (χ1n) is 6.25. The van der Waals surface area contributed by atoms with Gasteiger partial charge in [0.25, 0.3) is 0 Å².